The van der Waals surface area contributed by atoms with Gasteiger partial charge in [-0.15, -0.1) is 0 Å². The molecule has 0 radical (unpaired) electrons. The molecule has 4 aliphatic rings. The van der Waals surface area contributed by atoms with Crippen LogP contribution in [0.25, 0.3) is 61.6 Å². The van der Waals surface area contributed by atoms with E-state index in [0.717, 1.165) is 46.9 Å². The number of fused-ring (bicyclic) bond motifs is 10. The Labute approximate surface area is 432 Å². The highest BCUT2D eigenvalue weighted by Crippen LogP contribution is 2.57. The Kier molecular flexibility index (Phi) is 9.50. The van der Waals surface area contributed by atoms with Crippen molar-refractivity contribution in [3.8, 4) is 44.5 Å². The lowest BCUT2D eigenvalue weighted by Gasteiger charge is -2.50. The highest BCUT2D eigenvalue weighted by molar-refractivity contribution is 6.93. The summed E-state index contributed by atoms with van der Waals surface area (Å²) in [6.45, 7) is 4.65. The van der Waals surface area contributed by atoms with Gasteiger partial charge in [0.1, 0.15) is 11.3 Å². The normalized spacial score (nSPS) is 14.2. The molecule has 0 N–H and O–H groups in total. The van der Waals surface area contributed by atoms with Gasteiger partial charge in [0, 0.05) is 61.7 Å². The molecule has 350 valence electrons. The summed E-state index contributed by atoms with van der Waals surface area (Å²) in [4.78, 5) is 7.74. The van der Waals surface area contributed by atoms with Crippen molar-refractivity contribution in [2.75, 3.05) is 14.6 Å². The number of anilines is 8. The summed E-state index contributed by atoms with van der Waals surface area (Å²) in [6, 6.07) is 85.3. The van der Waals surface area contributed by atoms with Crippen molar-refractivity contribution in [2.24, 2.45) is 0 Å². The van der Waals surface area contributed by atoms with Gasteiger partial charge in [-0.3, -0.25) is 0 Å². The van der Waals surface area contributed by atoms with Crippen LogP contribution in [0.1, 0.15) is 42.7 Å². The second kappa shape index (κ2) is 16.5. The average Bonchev–Trinajstić information content (AvgIpc) is 3.86. The zero-order valence-corrected chi connectivity index (χ0v) is 41.3. The second-order valence-electron chi connectivity index (χ2n) is 20.7. The van der Waals surface area contributed by atoms with Crippen molar-refractivity contribution in [3.05, 3.63) is 259 Å². The van der Waals surface area contributed by atoms with Gasteiger partial charge in [-0.1, -0.05) is 184 Å². The second-order valence-corrected chi connectivity index (χ2v) is 20.7. The number of hydrogen-bond donors (Lipinski definition) is 0. The Bertz CT molecular complexity index is 3950. The van der Waals surface area contributed by atoms with Crippen molar-refractivity contribution < 1.29 is 4.42 Å². The first kappa shape index (κ1) is 42.6. The van der Waals surface area contributed by atoms with Crippen LogP contribution in [0, 0.1) is 0 Å². The fourth-order valence-corrected chi connectivity index (χ4v) is 12.8. The average molecular weight is 948 g/mol. The minimum absolute atomic E-state index is 0.153. The number of rotatable bonds is 7. The van der Waals surface area contributed by atoms with E-state index in [2.05, 4.69) is 271 Å². The van der Waals surface area contributed by atoms with Crippen LogP contribution >= 0.6 is 0 Å². The van der Waals surface area contributed by atoms with Gasteiger partial charge in [-0.25, -0.2) is 0 Å². The molecule has 4 nitrogen and oxygen atoms in total. The molecule has 0 fully saturated rings. The van der Waals surface area contributed by atoms with E-state index >= 15 is 0 Å². The molecular formula is C69H50BN3O. The molecule has 0 spiro atoms. The first-order valence-corrected chi connectivity index (χ1v) is 26.0. The fourth-order valence-electron chi connectivity index (χ4n) is 12.8. The van der Waals surface area contributed by atoms with E-state index in [1.165, 1.54) is 100 Å². The van der Waals surface area contributed by atoms with E-state index < -0.39 is 0 Å². The molecule has 5 heteroatoms. The molecule has 4 heterocycles. The minimum Gasteiger partial charge on any atom is -0.456 e. The smallest absolute Gasteiger partial charge is 0.333 e. The van der Waals surface area contributed by atoms with Gasteiger partial charge in [-0.05, 0) is 147 Å². The summed E-state index contributed by atoms with van der Waals surface area (Å²) < 4.78 is 6.85. The summed E-state index contributed by atoms with van der Waals surface area (Å²) in [6.07, 6.45) is 6.33. The molecule has 1 aromatic heterocycles. The largest absolute Gasteiger partial charge is 0.456 e. The number of benzene rings is 10. The van der Waals surface area contributed by atoms with Gasteiger partial charge >= 0.3 is 6.85 Å². The van der Waals surface area contributed by atoms with Crippen LogP contribution < -0.4 is 25.5 Å². The quantitative estimate of drug-likeness (QED) is 0.149. The SMILES string of the molecule is CC1(C)c2ccccc2N2c3cc(N(c4ccc(-c5ccccc5)cc4)c4ccc(-c5ccccc5)cc4)cc4c3B(c3cccc1c32)N(c1ccc(-c2ccccc2)cc1)c1ccc2oc3c(c2c1-4)CCC=C3. The molecule has 15 rings (SSSR count). The van der Waals surface area contributed by atoms with Gasteiger partial charge < -0.3 is 19.0 Å². The molecule has 0 bridgehead atoms. The lowest BCUT2D eigenvalue weighted by Crippen LogP contribution is -2.62. The third-order valence-electron chi connectivity index (χ3n) is 16.3. The Morgan fingerprint density at radius 3 is 1.70 bits per heavy atom. The molecule has 3 aliphatic heterocycles. The lowest BCUT2D eigenvalue weighted by molar-refractivity contribution is 0.595. The first-order valence-electron chi connectivity index (χ1n) is 26.0. The van der Waals surface area contributed by atoms with Gasteiger partial charge in [-0.2, -0.15) is 0 Å². The first-order chi connectivity index (χ1) is 36.5. The van der Waals surface area contributed by atoms with Crippen LogP contribution in [0.15, 0.2) is 241 Å². The van der Waals surface area contributed by atoms with Crippen LogP contribution in [0.2, 0.25) is 0 Å². The predicted molar refractivity (Wildman–Crippen MR) is 310 cm³/mol. The minimum atomic E-state index is -0.256. The Morgan fingerprint density at radius 1 is 0.500 bits per heavy atom. The number of para-hydroxylation sites is 2. The summed E-state index contributed by atoms with van der Waals surface area (Å²) in [7, 11) is 0. The summed E-state index contributed by atoms with van der Waals surface area (Å²) >= 11 is 0. The summed E-state index contributed by atoms with van der Waals surface area (Å²) in [5, 5.41) is 1.20. The Balaban J connectivity index is 1.04. The van der Waals surface area contributed by atoms with E-state index in [-0.39, 0.29) is 12.3 Å². The fraction of sp³-hybridized carbons (Fsp3) is 0.0725. The standard InChI is InChI=1S/C69H50BN3O/c1-69(2)57-24-13-14-27-60(57)72-62-44-54(71(51-35-29-48(30-36-51)45-17-6-3-7-18-45)52-37-31-49(32-38-52)46-19-8-4-9-20-46)43-56-65-61(41-42-64-66(65)55-23-12-15-28-63(55)74-64)73(70(67(56)62)59-26-16-25-58(69)68(59)72)53-39-33-50(34-40-53)47-21-10-5-11-22-47/h3-11,13-22,24-44H,12,23H2,1-2H3. The van der Waals surface area contributed by atoms with Crippen LogP contribution in [0.5, 0.6) is 0 Å². The Hall–Kier alpha value is -9.06. The van der Waals surface area contributed by atoms with Gasteiger partial charge in [0.25, 0.3) is 0 Å². The summed E-state index contributed by atoms with van der Waals surface area (Å²) in [5.41, 5.74) is 26.0. The predicted octanol–water partition coefficient (Wildman–Crippen LogP) is 17.2. The van der Waals surface area contributed by atoms with E-state index in [4.69, 9.17) is 4.42 Å². The molecule has 10 aromatic carbocycles. The molecule has 74 heavy (non-hydrogen) atoms. The number of allylic oxidation sites excluding steroid dienone is 1. The number of furan rings is 1. The highest BCUT2D eigenvalue weighted by Gasteiger charge is 2.50. The third kappa shape index (κ3) is 6.42. The van der Waals surface area contributed by atoms with Gasteiger partial charge in [0.15, 0.2) is 0 Å². The zero-order valence-electron chi connectivity index (χ0n) is 41.3. The zero-order chi connectivity index (χ0) is 49.1. The molecule has 0 atom stereocenters. The van der Waals surface area contributed by atoms with Crippen LogP contribution in [-0.4, -0.2) is 6.85 Å². The van der Waals surface area contributed by atoms with Crippen molar-refractivity contribution in [3.63, 3.8) is 0 Å². The molecule has 0 saturated heterocycles. The van der Waals surface area contributed by atoms with Crippen molar-refractivity contribution >= 4 is 80.3 Å². The van der Waals surface area contributed by atoms with E-state index in [9.17, 15) is 0 Å². The van der Waals surface area contributed by atoms with Crippen LogP contribution in [0.3, 0.4) is 0 Å². The maximum absolute atomic E-state index is 6.85. The lowest BCUT2D eigenvalue weighted by atomic mass is 9.42. The maximum Gasteiger partial charge on any atom is 0.333 e. The Morgan fingerprint density at radius 2 is 1.07 bits per heavy atom. The number of nitrogens with zero attached hydrogens (tertiary/aromatic N) is 3. The highest BCUT2D eigenvalue weighted by atomic mass is 16.3. The molecular weight excluding hydrogens is 898 g/mol. The monoisotopic (exact) mass is 947 g/mol. The van der Waals surface area contributed by atoms with Crippen molar-refractivity contribution in [2.45, 2.75) is 32.1 Å². The van der Waals surface area contributed by atoms with Crippen molar-refractivity contribution in [1.82, 2.24) is 0 Å². The molecule has 0 unspecified atom stereocenters. The maximum atomic E-state index is 6.85. The molecule has 1 aliphatic carbocycles. The van der Waals surface area contributed by atoms with Crippen molar-refractivity contribution in [1.29, 1.82) is 0 Å². The molecule has 0 saturated carbocycles. The topological polar surface area (TPSA) is 22.9 Å². The molecule has 11 aromatic rings. The number of hydrogen-bond acceptors (Lipinski definition) is 4. The third-order valence-corrected chi connectivity index (χ3v) is 16.3. The number of aryl methyl sites for hydroxylation is 1. The molecule has 0 amide bonds. The van der Waals surface area contributed by atoms with Crippen LogP contribution in [0.4, 0.5) is 45.5 Å². The van der Waals surface area contributed by atoms with Gasteiger partial charge in [0.2, 0.25) is 0 Å². The van der Waals surface area contributed by atoms with E-state index in [0.29, 0.717) is 0 Å². The van der Waals surface area contributed by atoms with Crippen LogP contribution in [-0.2, 0) is 11.8 Å². The van der Waals surface area contributed by atoms with E-state index in [1.54, 1.807) is 0 Å². The van der Waals surface area contributed by atoms with Gasteiger partial charge in [0.05, 0.1) is 5.69 Å². The summed E-state index contributed by atoms with van der Waals surface area (Å²) in [5.74, 6) is 0.964. The van der Waals surface area contributed by atoms with E-state index in [1.807, 2.05) is 0 Å².